The standard InChI is InChI=1S/C22H20ClN3O2.CH2O2/c23-16-6-4-15(5-7-16)22(8-9-22)21(28)26-11-18(14-2-1-3-17(27)10-14)20-19(12-26)24-13-25-20;2-1-3/h1-7,10,13,18,27H,8-9,11-12H2,(H,24,25);1H,(H,2,3). The number of hydrogen-bond donors (Lipinski definition) is 3. The number of H-pyrrole nitrogens is 1. The molecule has 1 unspecified atom stereocenters. The molecule has 0 saturated heterocycles. The molecule has 0 radical (unpaired) electrons. The van der Waals surface area contributed by atoms with E-state index in [0.29, 0.717) is 18.1 Å². The lowest BCUT2D eigenvalue weighted by atomic mass is 9.88. The normalized spacial score (nSPS) is 18.4. The minimum atomic E-state index is -0.439. The quantitative estimate of drug-likeness (QED) is 0.540. The Morgan fingerprint density at radius 1 is 1.23 bits per heavy atom. The molecule has 1 aliphatic heterocycles. The number of nitrogens with zero attached hydrogens (tertiary/aromatic N) is 2. The second-order valence-electron chi connectivity index (χ2n) is 7.79. The molecule has 7 nitrogen and oxygen atoms in total. The van der Waals surface area contributed by atoms with Gasteiger partial charge in [0.25, 0.3) is 6.47 Å². The summed E-state index contributed by atoms with van der Waals surface area (Å²) in [5.74, 6) is 0.310. The fourth-order valence-corrected chi connectivity index (χ4v) is 4.43. The lowest BCUT2D eigenvalue weighted by molar-refractivity contribution is -0.135. The Hall–Kier alpha value is -3.32. The zero-order valence-corrected chi connectivity index (χ0v) is 17.4. The van der Waals surface area contributed by atoms with E-state index in [4.69, 9.17) is 21.5 Å². The molecule has 0 spiro atoms. The number of carbonyl (C=O) groups is 2. The summed E-state index contributed by atoms with van der Waals surface area (Å²) < 4.78 is 0. The van der Waals surface area contributed by atoms with E-state index in [9.17, 15) is 9.90 Å². The number of halogens is 1. The number of carboxylic acid groups (broad SMARTS) is 1. The first-order valence-corrected chi connectivity index (χ1v) is 10.3. The molecular formula is C23H22ClN3O4. The predicted octanol–water partition coefficient (Wildman–Crippen LogP) is 3.68. The molecule has 1 atom stereocenters. The number of amides is 1. The maximum Gasteiger partial charge on any atom is 0.290 e. The van der Waals surface area contributed by atoms with Gasteiger partial charge in [-0.1, -0.05) is 35.9 Å². The van der Waals surface area contributed by atoms with Crippen LogP contribution in [-0.4, -0.2) is 44.0 Å². The van der Waals surface area contributed by atoms with E-state index in [1.54, 1.807) is 18.5 Å². The van der Waals surface area contributed by atoms with Crippen LogP contribution in [0.25, 0.3) is 0 Å². The van der Waals surface area contributed by atoms with Gasteiger partial charge in [-0.2, -0.15) is 0 Å². The second-order valence-corrected chi connectivity index (χ2v) is 8.23. The van der Waals surface area contributed by atoms with Crippen molar-refractivity contribution in [2.24, 2.45) is 0 Å². The van der Waals surface area contributed by atoms with Crippen molar-refractivity contribution in [3.05, 3.63) is 82.4 Å². The lowest BCUT2D eigenvalue weighted by Crippen LogP contribution is -2.44. The summed E-state index contributed by atoms with van der Waals surface area (Å²) >= 11 is 6.03. The van der Waals surface area contributed by atoms with Crippen molar-refractivity contribution >= 4 is 24.0 Å². The van der Waals surface area contributed by atoms with Crippen LogP contribution in [0.2, 0.25) is 5.02 Å². The van der Waals surface area contributed by atoms with Crippen LogP contribution in [0.1, 0.15) is 41.3 Å². The Morgan fingerprint density at radius 3 is 2.58 bits per heavy atom. The van der Waals surface area contributed by atoms with Crippen molar-refractivity contribution < 1.29 is 19.8 Å². The van der Waals surface area contributed by atoms with E-state index in [0.717, 1.165) is 35.4 Å². The molecule has 31 heavy (non-hydrogen) atoms. The van der Waals surface area contributed by atoms with E-state index < -0.39 is 5.41 Å². The number of phenols is 1. The number of hydrogen-bond acceptors (Lipinski definition) is 4. The highest BCUT2D eigenvalue weighted by Crippen LogP contribution is 2.50. The van der Waals surface area contributed by atoms with Crippen LogP contribution in [0, 0.1) is 0 Å². The van der Waals surface area contributed by atoms with E-state index in [1.807, 2.05) is 41.3 Å². The summed E-state index contributed by atoms with van der Waals surface area (Å²) in [4.78, 5) is 31.5. The molecule has 1 saturated carbocycles. The maximum absolute atomic E-state index is 13.6. The number of aromatic nitrogens is 2. The number of imidazole rings is 1. The van der Waals surface area contributed by atoms with Crippen LogP contribution in [0.4, 0.5) is 0 Å². The molecule has 2 heterocycles. The molecule has 1 aliphatic carbocycles. The fraction of sp³-hybridized carbons (Fsp3) is 0.261. The van der Waals surface area contributed by atoms with Crippen LogP contribution >= 0.6 is 11.6 Å². The molecule has 1 amide bonds. The van der Waals surface area contributed by atoms with Gasteiger partial charge in [0.15, 0.2) is 0 Å². The van der Waals surface area contributed by atoms with E-state index in [1.165, 1.54) is 0 Å². The molecule has 3 N–H and O–H groups in total. The van der Waals surface area contributed by atoms with Crippen LogP contribution in [0.3, 0.4) is 0 Å². The molecule has 0 bridgehead atoms. The summed E-state index contributed by atoms with van der Waals surface area (Å²) in [6.45, 7) is 0.828. The monoisotopic (exact) mass is 439 g/mol. The number of fused-ring (bicyclic) bond motifs is 1. The third-order valence-electron chi connectivity index (χ3n) is 5.95. The summed E-state index contributed by atoms with van der Waals surface area (Å²) in [7, 11) is 0. The Kier molecular flexibility index (Phi) is 5.69. The average molecular weight is 440 g/mol. The van der Waals surface area contributed by atoms with Gasteiger partial charge in [-0.05, 0) is 48.2 Å². The van der Waals surface area contributed by atoms with Crippen LogP contribution in [0.15, 0.2) is 54.9 Å². The molecule has 160 valence electrons. The molecule has 5 rings (SSSR count). The Labute approximate surface area is 184 Å². The smallest absolute Gasteiger partial charge is 0.290 e. The van der Waals surface area contributed by atoms with Gasteiger partial charge in [0.05, 0.1) is 29.7 Å². The van der Waals surface area contributed by atoms with Gasteiger partial charge < -0.3 is 20.1 Å². The highest BCUT2D eigenvalue weighted by atomic mass is 35.5. The number of benzene rings is 2. The van der Waals surface area contributed by atoms with Crippen molar-refractivity contribution in [1.82, 2.24) is 14.9 Å². The Morgan fingerprint density at radius 2 is 1.94 bits per heavy atom. The first-order valence-electron chi connectivity index (χ1n) is 9.93. The molecule has 2 aromatic carbocycles. The van der Waals surface area contributed by atoms with Gasteiger partial charge in [-0.15, -0.1) is 0 Å². The first kappa shape index (κ1) is 20.9. The lowest BCUT2D eigenvalue weighted by Gasteiger charge is -2.35. The number of aromatic amines is 1. The van der Waals surface area contributed by atoms with Crippen LogP contribution < -0.4 is 0 Å². The summed E-state index contributed by atoms with van der Waals surface area (Å²) in [6, 6.07) is 14.8. The predicted molar refractivity (Wildman–Crippen MR) is 115 cm³/mol. The molecule has 3 aromatic rings. The minimum absolute atomic E-state index is 0.0629. The average Bonchev–Trinajstić information content (AvgIpc) is 3.43. The van der Waals surface area contributed by atoms with Gasteiger partial charge in [-0.25, -0.2) is 4.98 Å². The van der Waals surface area contributed by atoms with Crippen molar-refractivity contribution in [3.8, 4) is 5.75 Å². The van der Waals surface area contributed by atoms with Gasteiger partial charge in [0, 0.05) is 17.5 Å². The van der Waals surface area contributed by atoms with Gasteiger partial charge >= 0.3 is 0 Å². The Balaban J connectivity index is 0.000000730. The molecule has 1 aromatic heterocycles. The summed E-state index contributed by atoms with van der Waals surface area (Å²) in [6.07, 6.45) is 3.40. The van der Waals surface area contributed by atoms with Gasteiger partial charge in [0.2, 0.25) is 5.91 Å². The van der Waals surface area contributed by atoms with Gasteiger partial charge in [0.1, 0.15) is 5.75 Å². The molecule has 1 fully saturated rings. The second kappa shape index (κ2) is 8.43. The SMILES string of the molecule is O=C(N1Cc2[nH]cnc2C(c2cccc(O)c2)C1)C1(c2ccc(Cl)cc2)CC1.O=CO. The molecule has 8 heteroatoms. The number of phenolic OH excluding ortho intramolecular Hbond substituents is 1. The summed E-state index contributed by atoms with van der Waals surface area (Å²) in [5, 5.41) is 17.5. The van der Waals surface area contributed by atoms with E-state index in [2.05, 4.69) is 9.97 Å². The number of carbonyl (C=O) groups excluding carboxylic acids is 1. The van der Waals surface area contributed by atoms with Crippen LogP contribution in [0.5, 0.6) is 5.75 Å². The highest BCUT2D eigenvalue weighted by Gasteiger charge is 2.53. The van der Waals surface area contributed by atoms with Crippen molar-refractivity contribution in [2.45, 2.75) is 30.7 Å². The van der Waals surface area contributed by atoms with Crippen molar-refractivity contribution in [2.75, 3.05) is 6.54 Å². The largest absolute Gasteiger partial charge is 0.508 e. The summed E-state index contributed by atoms with van der Waals surface area (Å²) in [5.41, 5.74) is 3.46. The topological polar surface area (TPSA) is 107 Å². The van der Waals surface area contributed by atoms with Crippen LogP contribution in [-0.2, 0) is 21.5 Å². The zero-order chi connectivity index (χ0) is 22.0. The number of nitrogens with one attached hydrogen (secondary N) is 1. The number of rotatable bonds is 3. The minimum Gasteiger partial charge on any atom is -0.508 e. The Bertz CT molecular complexity index is 1090. The third-order valence-corrected chi connectivity index (χ3v) is 6.20. The zero-order valence-electron chi connectivity index (χ0n) is 16.7. The van der Waals surface area contributed by atoms with E-state index >= 15 is 0 Å². The molecule has 2 aliphatic rings. The first-order chi connectivity index (χ1) is 15.0. The maximum atomic E-state index is 13.6. The number of aromatic hydroxyl groups is 1. The van der Waals surface area contributed by atoms with E-state index in [-0.39, 0.29) is 24.0 Å². The van der Waals surface area contributed by atoms with Gasteiger partial charge in [-0.3, -0.25) is 9.59 Å². The molecular weight excluding hydrogens is 418 g/mol. The fourth-order valence-electron chi connectivity index (χ4n) is 4.30. The highest BCUT2D eigenvalue weighted by molar-refractivity contribution is 6.30. The third kappa shape index (κ3) is 4.01. The van der Waals surface area contributed by atoms with Crippen molar-refractivity contribution in [3.63, 3.8) is 0 Å². The van der Waals surface area contributed by atoms with Crippen molar-refractivity contribution in [1.29, 1.82) is 0 Å².